The number of aliphatic carboxylic acids is 1. The quantitative estimate of drug-likeness (QED) is 0.827. The van der Waals surface area contributed by atoms with Crippen LogP contribution in [0, 0.1) is 0 Å². The summed E-state index contributed by atoms with van der Waals surface area (Å²) in [5, 5.41) is 10.1. The summed E-state index contributed by atoms with van der Waals surface area (Å²) in [6.07, 6.45) is 1.93. The Bertz CT molecular complexity index is 488. The average molecular weight is 295 g/mol. The van der Waals surface area contributed by atoms with Crippen LogP contribution in [0.25, 0.3) is 0 Å². The molecule has 1 aromatic carbocycles. The van der Waals surface area contributed by atoms with E-state index in [4.69, 9.17) is 10.1 Å². The standard InChI is InChI=1S/C14H17NO2S2/c1-10-14(18-9-5-4-8-13(16)17)15-11-6-2-3-7-12(11)19-10/h2-3,6-7,10H,4-5,8-9H2,1H3,(H,16,17). The van der Waals surface area contributed by atoms with E-state index in [0.717, 1.165) is 29.3 Å². The Morgan fingerprint density at radius 1 is 1.42 bits per heavy atom. The maximum atomic E-state index is 10.4. The number of benzene rings is 1. The van der Waals surface area contributed by atoms with Crippen molar-refractivity contribution in [2.24, 2.45) is 4.99 Å². The van der Waals surface area contributed by atoms with E-state index in [1.807, 2.05) is 30.0 Å². The van der Waals surface area contributed by atoms with Gasteiger partial charge in [0.25, 0.3) is 0 Å². The lowest BCUT2D eigenvalue weighted by Gasteiger charge is -2.20. The fourth-order valence-electron chi connectivity index (χ4n) is 1.80. The first-order valence-electron chi connectivity index (χ1n) is 6.35. The average Bonchev–Trinajstić information content (AvgIpc) is 2.38. The van der Waals surface area contributed by atoms with E-state index in [-0.39, 0.29) is 6.42 Å². The van der Waals surface area contributed by atoms with Gasteiger partial charge in [0, 0.05) is 11.3 Å². The zero-order valence-corrected chi connectivity index (χ0v) is 12.5. The van der Waals surface area contributed by atoms with Gasteiger partial charge >= 0.3 is 5.97 Å². The number of unbranched alkanes of at least 4 members (excludes halogenated alkanes) is 1. The van der Waals surface area contributed by atoms with Crippen molar-refractivity contribution in [1.82, 2.24) is 0 Å². The predicted octanol–water partition coefficient (Wildman–Crippen LogP) is 4.20. The summed E-state index contributed by atoms with van der Waals surface area (Å²) in [6.45, 7) is 2.17. The summed E-state index contributed by atoms with van der Waals surface area (Å²) in [5.41, 5.74) is 1.05. The van der Waals surface area contributed by atoms with Gasteiger partial charge in [-0.2, -0.15) is 0 Å². The monoisotopic (exact) mass is 295 g/mol. The van der Waals surface area contributed by atoms with Gasteiger partial charge in [-0.3, -0.25) is 4.79 Å². The summed E-state index contributed by atoms with van der Waals surface area (Å²) in [5.74, 6) is 0.233. The Balaban J connectivity index is 1.87. The SMILES string of the molecule is CC1Sc2ccccc2N=C1SCCCCC(=O)O. The number of hydrogen-bond donors (Lipinski definition) is 1. The molecule has 3 nitrogen and oxygen atoms in total. The van der Waals surface area contributed by atoms with Crippen LogP contribution in [-0.4, -0.2) is 27.1 Å². The molecule has 1 atom stereocenters. The molecule has 1 unspecified atom stereocenters. The van der Waals surface area contributed by atoms with Gasteiger partial charge in [0.15, 0.2) is 0 Å². The molecule has 0 aliphatic carbocycles. The van der Waals surface area contributed by atoms with Crippen molar-refractivity contribution in [3.8, 4) is 0 Å². The van der Waals surface area contributed by atoms with Crippen LogP contribution in [0.2, 0.25) is 0 Å². The lowest BCUT2D eigenvalue weighted by Crippen LogP contribution is -2.13. The first-order valence-corrected chi connectivity index (χ1v) is 8.22. The molecule has 1 aromatic rings. The highest BCUT2D eigenvalue weighted by molar-refractivity contribution is 8.16. The van der Waals surface area contributed by atoms with Crippen molar-refractivity contribution in [2.45, 2.75) is 36.3 Å². The van der Waals surface area contributed by atoms with Crippen molar-refractivity contribution >= 4 is 40.2 Å². The number of nitrogens with zero attached hydrogens (tertiary/aromatic N) is 1. The highest BCUT2D eigenvalue weighted by Gasteiger charge is 2.19. The number of thioether (sulfide) groups is 2. The van der Waals surface area contributed by atoms with Gasteiger partial charge in [-0.1, -0.05) is 12.1 Å². The van der Waals surface area contributed by atoms with Crippen LogP contribution in [-0.2, 0) is 4.79 Å². The van der Waals surface area contributed by atoms with E-state index in [1.54, 1.807) is 11.8 Å². The van der Waals surface area contributed by atoms with Gasteiger partial charge in [-0.05, 0) is 37.7 Å². The van der Waals surface area contributed by atoms with Gasteiger partial charge in [0.2, 0.25) is 0 Å². The Hall–Kier alpha value is -0.940. The van der Waals surface area contributed by atoms with E-state index < -0.39 is 5.97 Å². The van der Waals surface area contributed by atoms with E-state index >= 15 is 0 Å². The molecule has 1 N–H and O–H groups in total. The minimum Gasteiger partial charge on any atom is -0.481 e. The summed E-state index contributed by atoms with van der Waals surface area (Å²) in [7, 11) is 0. The van der Waals surface area contributed by atoms with Crippen LogP contribution in [0.1, 0.15) is 26.2 Å². The summed E-state index contributed by atoms with van der Waals surface area (Å²) >= 11 is 3.60. The van der Waals surface area contributed by atoms with Crippen LogP contribution in [0.15, 0.2) is 34.2 Å². The predicted molar refractivity (Wildman–Crippen MR) is 82.8 cm³/mol. The fraction of sp³-hybridized carbons (Fsp3) is 0.429. The highest BCUT2D eigenvalue weighted by atomic mass is 32.2. The molecular weight excluding hydrogens is 278 g/mol. The molecule has 2 rings (SSSR count). The molecule has 0 saturated heterocycles. The van der Waals surface area contributed by atoms with Gasteiger partial charge in [0.1, 0.15) is 0 Å². The minimum atomic E-state index is -0.710. The molecule has 0 fully saturated rings. The zero-order valence-electron chi connectivity index (χ0n) is 10.8. The second-order valence-corrected chi connectivity index (χ2v) is 6.87. The summed E-state index contributed by atoms with van der Waals surface area (Å²) in [4.78, 5) is 16.4. The molecule has 0 spiro atoms. The van der Waals surface area contributed by atoms with Crippen molar-refractivity contribution in [1.29, 1.82) is 0 Å². The van der Waals surface area contributed by atoms with Crippen molar-refractivity contribution in [3.05, 3.63) is 24.3 Å². The Morgan fingerprint density at radius 2 is 2.21 bits per heavy atom. The Labute approximate surface area is 121 Å². The molecule has 1 aliphatic heterocycles. The lowest BCUT2D eigenvalue weighted by molar-refractivity contribution is -0.137. The van der Waals surface area contributed by atoms with E-state index in [0.29, 0.717) is 5.25 Å². The molecule has 0 saturated carbocycles. The van der Waals surface area contributed by atoms with Gasteiger partial charge in [-0.15, -0.1) is 23.5 Å². The third-order valence-corrected chi connectivity index (χ3v) is 5.34. The third-order valence-electron chi connectivity index (χ3n) is 2.78. The number of hydrogen-bond acceptors (Lipinski definition) is 4. The number of rotatable bonds is 5. The van der Waals surface area contributed by atoms with Crippen molar-refractivity contribution in [3.63, 3.8) is 0 Å². The number of carbonyl (C=O) groups is 1. The third kappa shape index (κ3) is 4.28. The number of carboxylic acid groups (broad SMARTS) is 1. The molecule has 0 aromatic heterocycles. The second-order valence-electron chi connectivity index (χ2n) is 4.38. The number of aliphatic imine (C=N–C) groups is 1. The molecule has 102 valence electrons. The molecular formula is C14H17NO2S2. The van der Waals surface area contributed by atoms with Gasteiger partial charge in [-0.25, -0.2) is 4.99 Å². The fourth-order valence-corrected chi connectivity index (χ4v) is 4.03. The molecule has 0 bridgehead atoms. The maximum Gasteiger partial charge on any atom is 0.303 e. The van der Waals surface area contributed by atoms with E-state index in [9.17, 15) is 4.79 Å². The molecule has 5 heteroatoms. The Kier molecular flexibility index (Phi) is 5.34. The van der Waals surface area contributed by atoms with Crippen LogP contribution in [0.4, 0.5) is 5.69 Å². The normalized spacial score (nSPS) is 17.7. The summed E-state index contributed by atoms with van der Waals surface area (Å²) < 4.78 is 0. The first kappa shape index (κ1) is 14.5. The lowest BCUT2D eigenvalue weighted by atomic mass is 10.2. The van der Waals surface area contributed by atoms with Crippen LogP contribution < -0.4 is 0 Å². The van der Waals surface area contributed by atoms with E-state index in [1.165, 1.54) is 4.90 Å². The molecule has 0 radical (unpaired) electrons. The molecule has 19 heavy (non-hydrogen) atoms. The molecule has 1 heterocycles. The number of para-hydroxylation sites is 1. The Morgan fingerprint density at radius 3 is 3.00 bits per heavy atom. The van der Waals surface area contributed by atoms with Gasteiger partial charge < -0.3 is 5.11 Å². The van der Waals surface area contributed by atoms with Crippen LogP contribution >= 0.6 is 23.5 Å². The number of fused-ring (bicyclic) bond motifs is 1. The smallest absolute Gasteiger partial charge is 0.303 e. The van der Waals surface area contributed by atoms with Crippen LogP contribution in [0.3, 0.4) is 0 Å². The van der Waals surface area contributed by atoms with Crippen molar-refractivity contribution < 1.29 is 9.90 Å². The zero-order chi connectivity index (χ0) is 13.7. The second kappa shape index (κ2) is 7.01. The summed E-state index contributed by atoms with van der Waals surface area (Å²) in [6, 6.07) is 8.19. The minimum absolute atomic E-state index is 0.264. The maximum absolute atomic E-state index is 10.4. The van der Waals surface area contributed by atoms with Gasteiger partial charge in [0.05, 0.1) is 16.0 Å². The number of carboxylic acids is 1. The molecule has 1 aliphatic rings. The van der Waals surface area contributed by atoms with Crippen LogP contribution in [0.5, 0.6) is 0 Å². The topological polar surface area (TPSA) is 49.7 Å². The van der Waals surface area contributed by atoms with E-state index in [2.05, 4.69) is 13.0 Å². The first-order chi connectivity index (χ1) is 9.16. The highest BCUT2D eigenvalue weighted by Crippen LogP contribution is 2.39. The molecule has 0 amide bonds. The largest absolute Gasteiger partial charge is 0.481 e. The van der Waals surface area contributed by atoms with Crippen molar-refractivity contribution in [2.75, 3.05) is 5.75 Å².